The summed E-state index contributed by atoms with van der Waals surface area (Å²) < 4.78 is 13.2. The molecule has 0 atom stereocenters. The second kappa shape index (κ2) is 4.65. The fraction of sp³-hybridized carbons (Fsp3) is 0. The van der Waals surface area contributed by atoms with Crippen molar-refractivity contribution in [1.29, 1.82) is 0 Å². The Morgan fingerprint density at radius 3 is 2.47 bits per heavy atom. The number of benzene rings is 1. The lowest BCUT2D eigenvalue weighted by Crippen LogP contribution is -2.26. The van der Waals surface area contributed by atoms with E-state index in [-0.39, 0.29) is 17.6 Å². The van der Waals surface area contributed by atoms with Crippen molar-refractivity contribution in [3.8, 4) is 0 Å². The van der Waals surface area contributed by atoms with Gasteiger partial charge < -0.3 is 17.2 Å². The van der Waals surface area contributed by atoms with Crippen LogP contribution in [0.15, 0.2) is 33.1 Å². The van der Waals surface area contributed by atoms with Gasteiger partial charge in [-0.15, -0.1) is 12.6 Å². The van der Waals surface area contributed by atoms with Crippen molar-refractivity contribution < 1.29 is 4.39 Å². The zero-order valence-corrected chi connectivity index (χ0v) is 8.58. The van der Waals surface area contributed by atoms with Gasteiger partial charge in [0.05, 0.1) is 0 Å². The molecule has 0 aromatic heterocycles. The summed E-state index contributed by atoms with van der Waals surface area (Å²) in [5.41, 5.74) is 15.5. The summed E-state index contributed by atoms with van der Waals surface area (Å²) in [7, 11) is 0. The smallest absolute Gasteiger partial charge is 0.223 e. The standard InChI is InChI=1S/C8H10FN5S/c9-5-3-4(15)1-2-6(5)13-8(12)14-7(10)11/h1-3,15H,(H6,10,11,12,13,14). The molecule has 0 amide bonds. The fourth-order valence-corrected chi connectivity index (χ4v) is 1.06. The van der Waals surface area contributed by atoms with E-state index in [2.05, 4.69) is 22.6 Å². The summed E-state index contributed by atoms with van der Waals surface area (Å²) in [5, 5.41) is 0. The van der Waals surface area contributed by atoms with Crippen LogP contribution in [0.1, 0.15) is 0 Å². The monoisotopic (exact) mass is 227 g/mol. The Bertz CT molecular complexity index is 425. The maximum atomic E-state index is 13.2. The van der Waals surface area contributed by atoms with Gasteiger partial charge >= 0.3 is 0 Å². The Hall–Kier alpha value is -1.76. The Morgan fingerprint density at radius 2 is 1.93 bits per heavy atom. The summed E-state index contributed by atoms with van der Waals surface area (Å²) in [6.07, 6.45) is 0. The van der Waals surface area contributed by atoms with Crippen LogP contribution in [0.4, 0.5) is 10.1 Å². The zero-order valence-electron chi connectivity index (χ0n) is 7.68. The zero-order chi connectivity index (χ0) is 11.4. The number of guanidine groups is 2. The van der Waals surface area contributed by atoms with E-state index in [1.54, 1.807) is 6.07 Å². The minimum Gasteiger partial charge on any atom is -0.370 e. The highest BCUT2D eigenvalue weighted by atomic mass is 32.1. The highest BCUT2D eigenvalue weighted by Crippen LogP contribution is 2.20. The molecular formula is C8H10FN5S. The normalized spacial score (nSPS) is 11.2. The van der Waals surface area contributed by atoms with Crippen LogP contribution in [-0.4, -0.2) is 11.9 Å². The van der Waals surface area contributed by atoms with Crippen LogP contribution in [0, 0.1) is 5.82 Å². The van der Waals surface area contributed by atoms with Crippen molar-refractivity contribution >= 4 is 30.2 Å². The summed E-state index contributed by atoms with van der Waals surface area (Å²) in [6, 6.07) is 4.21. The van der Waals surface area contributed by atoms with Crippen molar-refractivity contribution in [2.45, 2.75) is 4.90 Å². The maximum absolute atomic E-state index is 13.2. The molecule has 1 rings (SSSR count). The number of rotatable bonds is 1. The minimum absolute atomic E-state index is 0.0512. The van der Waals surface area contributed by atoms with E-state index in [0.717, 1.165) is 0 Å². The summed E-state index contributed by atoms with van der Waals surface area (Å²) in [6.45, 7) is 0. The third-order valence-electron chi connectivity index (χ3n) is 1.41. The number of nitrogens with two attached hydrogens (primary N) is 3. The molecule has 15 heavy (non-hydrogen) atoms. The van der Waals surface area contributed by atoms with Crippen LogP contribution in [-0.2, 0) is 0 Å². The van der Waals surface area contributed by atoms with E-state index in [1.807, 2.05) is 0 Å². The van der Waals surface area contributed by atoms with Crippen molar-refractivity contribution in [3.63, 3.8) is 0 Å². The number of aliphatic imine (C=N–C) groups is 2. The first-order chi connectivity index (χ1) is 6.99. The molecule has 0 aliphatic carbocycles. The molecule has 0 saturated carbocycles. The van der Waals surface area contributed by atoms with Crippen molar-refractivity contribution in [2.24, 2.45) is 27.2 Å². The molecule has 0 fully saturated rings. The van der Waals surface area contributed by atoms with Crippen LogP contribution in [0.5, 0.6) is 0 Å². The number of halogens is 1. The average molecular weight is 227 g/mol. The molecule has 1 aromatic carbocycles. The third kappa shape index (κ3) is 3.47. The van der Waals surface area contributed by atoms with Crippen LogP contribution >= 0.6 is 12.6 Å². The van der Waals surface area contributed by atoms with Crippen molar-refractivity contribution in [1.82, 2.24) is 0 Å². The van der Waals surface area contributed by atoms with Crippen molar-refractivity contribution in [3.05, 3.63) is 24.0 Å². The number of thiol groups is 1. The second-order valence-corrected chi connectivity index (χ2v) is 3.16. The van der Waals surface area contributed by atoms with E-state index >= 15 is 0 Å². The Morgan fingerprint density at radius 1 is 1.27 bits per heavy atom. The van der Waals surface area contributed by atoms with Crippen LogP contribution in [0.25, 0.3) is 0 Å². The van der Waals surface area contributed by atoms with Gasteiger partial charge in [0.25, 0.3) is 0 Å². The lowest BCUT2D eigenvalue weighted by Gasteiger charge is -1.98. The summed E-state index contributed by atoms with van der Waals surface area (Å²) in [5.74, 6) is -0.987. The molecule has 0 bridgehead atoms. The highest BCUT2D eigenvalue weighted by molar-refractivity contribution is 7.80. The first kappa shape index (κ1) is 11.3. The highest BCUT2D eigenvalue weighted by Gasteiger charge is 2.01. The molecule has 5 nitrogen and oxygen atoms in total. The molecule has 0 aliphatic rings. The molecule has 6 N–H and O–H groups in total. The Balaban J connectivity index is 3.03. The van der Waals surface area contributed by atoms with Gasteiger partial charge in [0, 0.05) is 4.90 Å². The maximum Gasteiger partial charge on any atom is 0.223 e. The predicted molar refractivity (Wildman–Crippen MR) is 60.7 cm³/mol. The molecule has 0 radical (unpaired) electrons. The Kier molecular flexibility index (Phi) is 3.51. The third-order valence-corrected chi connectivity index (χ3v) is 1.69. The number of nitrogens with zero attached hydrogens (tertiary/aromatic N) is 2. The van der Waals surface area contributed by atoms with Gasteiger partial charge in [-0.2, -0.15) is 4.99 Å². The van der Waals surface area contributed by atoms with Crippen LogP contribution in [0.3, 0.4) is 0 Å². The Labute approximate surface area is 91.3 Å². The number of hydrogen-bond acceptors (Lipinski definition) is 2. The van der Waals surface area contributed by atoms with Gasteiger partial charge in [0.1, 0.15) is 11.5 Å². The van der Waals surface area contributed by atoms with Gasteiger partial charge in [-0.05, 0) is 18.2 Å². The van der Waals surface area contributed by atoms with Gasteiger partial charge in [-0.25, -0.2) is 9.38 Å². The molecular weight excluding hydrogens is 217 g/mol. The molecule has 0 unspecified atom stereocenters. The first-order valence-electron chi connectivity index (χ1n) is 3.91. The number of hydrogen-bond donors (Lipinski definition) is 4. The van der Waals surface area contributed by atoms with Gasteiger partial charge in [0.2, 0.25) is 5.96 Å². The van der Waals surface area contributed by atoms with Gasteiger partial charge in [-0.3, -0.25) is 0 Å². The van der Waals surface area contributed by atoms with Crippen molar-refractivity contribution in [2.75, 3.05) is 0 Å². The molecule has 0 spiro atoms. The van der Waals surface area contributed by atoms with E-state index in [0.29, 0.717) is 4.90 Å². The molecule has 7 heteroatoms. The van der Waals surface area contributed by atoms with E-state index in [9.17, 15) is 4.39 Å². The summed E-state index contributed by atoms with van der Waals surface area (Å²) >= 11 is 3.96. The van der Waals surface area contributed by atoms with Crippen LogP contribution < -0.4 is 17.2 Å². The largest absolute Gasteiger partial charge is 0.370 e. The molecule has 0 saturated heterocycles. The predicted octanol–water partition coefficient (Wildman–Crippen LogP) is 0.334. The molecule has 1 aromatic rings. The summed E-state index contributed by atoms with van der Waals surface area (Å²) in [4.78, 5) is 7.62. The van der Waals surface area contributed by atoms with Gasteiger partial charge in [0.15, 0.2) is 5.96 Å². The quantitative estimate of drug-likeness (QED) is 0.316. The molecule has 80 valence electrons. The second-order valence-electron chi connectivity index (χ2n) is 2.64. The van der Waals surface area contributed by atoms with E-state index < -0.39 is 5.82 Å². The molecule has 0 heterocycles. The minimum atomic E-state index is -0.545. The van der Waals surface area contributed by atoms with E-state index in [4.69, 9.17) is 17.2 Å². The first-order valence-corrected chi connectivity index (χ1v) is 4.36. The lowest BCUT2D eigenvalue weighted by atomic mass is 10.3. The SMILES string of the molecule is NC(N)=NC(N)=Nc1ccc(S)cc1F. The van der Waals surface area contributed by atoms with E-state index in [1.165, 1.54) is 12.1 Å². The van der Waals surface area contributed by atoms with Crippen LogP contribution in [0.2, 0.25) is 0 Å². The van der Waals surface area contributed by atoms with Gasteiger partial charge in [-0.1, -0.05) is 0 Å². The lowest BCUT2D eigenvalue weighted by molar-refractivity contribution is 0.626. The topological polar surface area (TPSA) is 103 Å². The fourth-order valence-electron chi connectivity index (χ4n) is 0.867. The average Bonchev–Trinajstić information content (AvgIpc) is 2.08. The molecule has 0 aliphatic heterocycles.